The van der Waals surface area contributed by atoms with E-state index in [0.29, 0.717) is 18.8 Å². The van der Waals surface area contributed by atoms with Crippen molar-refractivity contribution in [2.45, 2.75) is 39.2 Å². The molecule has 3 aromatic rings. The lowest BCUT2D eigenvalue weighted by molar-refractivity contribution is 0.0347. The number of hydrogen-bond donors (Lipinski definition) is 2. The van der Waals surface area contributed by atoms with Crippen LogP contribution in [-0.2, 0) is 11.3 Å². The van der Waals surface area contributed by atoms with Gasteiger partial charge in [0.2, 0.25) is 0 Å². The van der Waals surface area contributed by atoms with E-state index in [1.165, 1.54) is 4.88 Å². The molecule has 9 nitrogen and oxygen atoms in total. The van der Waals surface area contributed by atoms with E-state index in [1.807, 2.05) is 24.3 Å². The number of nitrogens with zero attached hydrogens (tertiary/aromatic N) is 4. The minimum Gasteiger partial charge on any atom is -0.494 e. The Kier molecular flexibility index (Phi) is 11.4. The zero-order chi connectivity index (χ0) is 28.2. The second-order valence-corrected chi connectivity index (χ2v) is 10.9. The number of unbranched alkanes of at least 4 members (excludes halogenated alkanes) is 2. The van der Waals surface area contributed by atoms with Gasteiger partial charge in [-0.15, -0.1) is 0 Å². The highest BCUT2D eigenvalue weighted by molar-refractivity contribution is 7.16. The highest BCUT2D eigenvalue weighted by atomic mass is 32.1. The number of amidine groups is 1. The molecule has 1 aliphatic rings. The van der Waals surface area contributed by atoms with Gasteiger partial charge in [-0.2, -0.15) is 0 Å². The Bertz CT molecular complexity index is 1190. The highest BCUT2D eigenvalue weighted by Gasteiger charge is 2.19. The van der Waals surface area contributed by atoms with Crippen molar-refractivity contribution in [3.8, 4) is 22.8 Å². The smallest absolute Gasteiger partial charge is 0.185 e. The van der Waals surface area contributed by atoms with Crippen molar-refractivity contribution in [2.24, 2.45) is 10.9 Å². The van der Waals surface area contributed by atoms with Crippen molar-refractivity contribution >= 4 is 22.3 Å². The molecule has 10 heteroatoms. The van der Waals surface area contributed by atoms with Crippen LogP contribution in [0.1, 0.15) is 43.0 Å². The minimum atomic E-state index is 0.0854. The van der Waals surface area contributed by atoms with Gasteiger partial charge in [0.1, 0.15) is 11.5 Å². The van der Waals surface area contributed by atoms with Gasteiger partial charge in [0, 0.05) is 49.2 Å². The number of thiazole rings is 1. The molecule has 216 valence electrons. The summed E-state index contributed by atoms with van der Waals surface area (Å²) in [5.74, 6) is 1.73. The maximum absolute atomic E-state index is 8.74. The van der Waals surface area contributed by atoms with Gasteiger partial charge in [-0.05, 0) is 74.2 Å². The van der Waals surface area contributed by atoms with Crippen molar-refractivity contribution in [3.63, 3.8) is 0 Å². The largest absolute Gasteiger partial charge is 0.494 e. The summed E-state index contributed by atoms with van der Waals surface area (Å²) in [6, 6.07) is 15.5. The van der Waals surface area contributed by atoms with Crippen LogP contribution in [0.25, 0.3) is 11.3 Å². The second kappa shape index (κ2) is 15.4. The molecule has 2 heterocycles. The molecule has 1 fully saturated rings. The number of aromatic nitrogens is 1. The lowest BCUT2D eigenvalue weighted by atomic mass is 10.1. The Morgan fingerprint density at radius 1 is 1.02 bits per heavy atom. The van der Waals surface area contributed by atoms with Crippen LogP contribution in [-0.4, -0.2) is 74.0 Å². The van der Waals surface area contributed by atoms with Gasteiger partial charge in [-0.25, -0.2) is 4.98 Å². The molecule has 0 spiro atoms. The first-order valence-corrected chi connectivity index (χ1v) is 14.8. The van der Waals surface area contributed by atoms with E-state index in [9.17, 15) is 0 Å². The van der Waals surface area contributed by atoms with E-state index >= 15 is 0 Å². The molecule has 0 atom stereocenters. The molecule has 4 rings (SSSR count). The van der Waals surface area contributed by atoms with Gasteiger partial charge >= 0.3 is 0 Å². The van der Waals surface area contributed by atoms with E-state index in [-0.39, 0.29) is 5.84 Å². The molecule has 0 aliphatic carbocycles. The Labute approximate surface area is 241 Å². The van der Waals surface area contributed by atoms with Gasteiger partial charge in [0.15, 0.2) is 11.0 Å². The monoisotopic (exact) mass is 567 g/mol. The summed E-state index contributed by atoms with van der Waals surface area (Å²) in [6.07, 6.45) is 4.00. The van der Waals surface area contributed by atoms with E-state index in [1.54, 1.807) is 23.5 Å². The van der Waals surface area contributed by atoms with E-state index in [2.05, 4.69) is 41.1 Å². The Morgan fingerprint density at radius 2 is 1.65 bits per heavy atom. The van der Waals surface area contributed by atoms with Crippen LogP contribution in [0.5, 0.6) is 11.5 Å². The summed E-state index contributed by atoms with van der Waals surface area (Å²) in [6.45, 7) is 8.89. The molecule has 0 bridgehead atoms. The first-order chi connectivity index (χ1) is 19.6. The highest BCUT2D eigenvalue weighted by Crippen LogP contribution is 2.34. The molecule has 3 N–H and O–H groups in total. The zero-order valence-corrected chi connectivity index (χ0v) is 24.4. The Balaban J connectivity index is 1.23. The lowest BCUT2D eigenvalue weighted by Crippen LogP contribution is -2.35. The van der Waals surface area contributed by atoms with E-state index < -0.39 is 0 Å². The maximum Gasteiger partial charge on any atom is 0.185 e. The van der Waals surface area contributed by atoms with Crippen molar-refractivity contribution in [1.82, 2.24) is 9.88 Å². The average molecular weight is 568 g/mol. The second-order valence-electron chi connectivity index (χ2n) is 9.87. The number of oxime groups is 1. The third kappa shape index (κ3) is 8.58. The fourth-order valence-electron chi connectivity index (χ4n) is 4.48. The molecule has 0 amide bonds. The molecular formula is C30H41N5O4S. The molecule has 1 aromatic heterocycles. The third-order valence-electron chi connectivity index (χ3n) is 6.75. The zero-order valence-electron chi connectivity index (χ0n) is 23.6. The number of rotatable bonds is 15. The first kappa shape index (κ1) is 29.6. The Morgan fingerprint density at radius 3 is 2.25 bits per heavy atom. The van der Waals surface area contributed by atoms with Crippen LogP contribution < -0.4 is 20.1 Å². The van der Waals surface area contributed by atoms with Crippen molar-refractivity contribution < 1.29 is 19.4 Å². The van der Waals surface area contributed by atoms with Crippen LogP contribution in [0.4, 0.5) is 5.13 Å². The van der Waals surface area contributed by atoms with Crippen LogP contribution in [0.2, 0.25) is 0 Å². The molecule has 40 heavy (non-hydrogen) atoms. The van der Waals surface area contributed by atoms with Gasteiger partial charge in [-0.1, -0.05) is 23.4 Å². The molecule has 0 saturated carbocycles. The minimum absolute atomic E-state index is 0.0854. The summed E-state index contributed by atoms with van der Waals surface area (Å²) in [5, 5.41) is 12.8. The molecule has 2 aromatic carbocycles. The Hall–Kier alpha value is -3.34. The number of morpholine rings is 1. The number of anilines is 1. The molecule has 0 radical (unpaired) electrons. The maximum atomic E-state index is 8.74. The summed E-state index contributed by atoms with van der Waals surface area (Å²) in [7, 11) is 2.12. The molecule has 1 saturated heterocycles. The van der Waals surface area contributed by atoms with Gasteiger partial charge in [-0.3, -0.25) is 4.90 Å². The van der Waals surface area contributed by atoms with Crippen LogP contribution in [0, 0.1) is 0 Å². The summed E-state index contributed by atoms with van der Waals surface area (Å²) >= 11 is 1.80. The fraction of sp³-hybridized carbons (Fsp3) is 0.467. The third-order valence-corrected chi connectivity index (χ3v) is 7.91. The summed E-state index contributed by atoms with van der Waals surface area (Å²) in [4.78, 5) is 11.1. The SMILES string of the molecule is CCCN(C)c1nc(-c2ccc(OCCCCCOc3ccc(/C(N)=N\O)cc3)cc2)c(CN2CCOCC2)s1. The summed E-state index contributed by atoms with van der Waals surface area (Å²) < 4.78 is 17.3. The average Bonchev–Trinajstić information content (AvgIpc) is 3.41. The van der Waals surface area contributed by atoms with Gasteiger partial charge < -0.3 is 30.1 Å². The van der Waals surface area contributed by atoms with Crippen LogP contribution in [0.15, 0.2) is 53.7 Å². The summed E-state index contributed by atoms with van der Waals surface area (Å²) in [5.41, 5.74) is 8.44. The number of ether oxygens (including phenoxy) is 3. The quantitative estimate of drug-likeness (QED) is 0.0848. The molecule has 0 unspecified atom stereocenters. The number of benzene rings is 2. The standard InChI is InChI=1S/C30H41N5O4S/c1-3-15-34(2)30-32-28(27(40-30)22-35-16-20-37-21-17-35)23-7-11-25(12-8-23)38-18-5-4-6-19-39-26-13-9-24(10-14-26)29(31)33-36/h7-14,36H,3-6,15-22H2,1-2H3,(H2,31,33). The van der Waals surface area contributed by atoms with Crippen molar-refractivity contribution in [1.29, 1.82) is 0 Å². The fourth-order valence-corrected chi connectivity index (χ4v) is 5.59. The van der Waals surface area contributed by atoms with Crippen molar-refractivity contribution in [2.75, 3.05) is 58.0 Å². The topological polar surface area (TPSA) is 106 Å². The van der Waals surface area contributed by atoms with Crippen molar-refractivity contribution in [3.05, 3.63) is 59.0 Å². The number of nitrogens with two attached hydrogens (primary N) is 1. The number of hydrogen-bond acceptors (Lipinski definition) is 9. The normalized spacial score (nSPS) is 14.3. The molecular weight excluding hydrogens is 526 g/mol. The van der Waals surface area contributed by atoms with E-state index in [4.69, 9.17) is 30.1 Å². The van der Waals surface area contributed by atoms with Crippen LogP contribution in [0.3, 0.4) is 0 Å². The lowest BCUT2D eigenvalue weighted by Gasteiger charge is -2.26. The molecule has 1 aliphatic heterocycles. The van der Waals surface area contributed by atoms with Gasteiger partial charge in [0.05, 0.1) is 32.1 Å². The predicted octanol–water partition coefficient (Wildman–Crippen LogP) is 5.21. The van der Waals surface area contributed by atoms with Gasteiger partial charge in [0.25, 0.3) is 0 Å². The predicted molar refractivity (Wildman–Crippen MR) is 161 cm³/mol. The van der Waals surface area contributed by atoms with Crippen LogP contribution >= 0.6 is 11.3 Å². The first-order valence-electron chi connectivity index (χ1n) is 14.0. The van der Waals surface area contributed by atoms with E-state index in [0.717, 1.165) is 93.0 Å².